The number of aromatic nitrogens is 2. The molecule has 1 N–H and O–H groups in total. The van der Waals surface area contributed by atoms with E-state index in [-0.39, 0.29) is 0 Å². The molecule has 1 fully saturated rings. The summed E-state index contributed by atoms with van der Waals surface area (Å²) in [5.41, 5.74) is 2.53. The molecular weight excluding hydrogens is 246 g/mol. The Labute approximate surface area is 121 Å². The lowest BCUT2D eigenvalue weighted by atomic mass is 9.83. The molecule has 0 aliphatic heterocycles. The molecular formula is C17H25N3. The van der Waals surface area contributed by atoms with Gasteiger partial charge in [0.2, 0.25) is 0 Å². The molecule has 3 nitrogen and oxygen atoms in total. The van der Waals surface area contributed by atoms with Gasteiger partial charge >= 0.3 is 0 Å². The van der Waals surface area contributed by atoms with Gasteiger partial charge in [0.05, 0.1) is 11.7 Å². The van der Waals surface area contributed by atoms with Crippen molar-refractivity contribution in [2.45, 2.75) is 58.0 Å². The van der Waals surface area contributed by atoms with Crippen LogP contribution in [0, 0.1) is 5.92 Å². The van der Waals surface area contributed by atoms with Crippen LogP contribution in [-0.2, 0) is 6.54 Å². The van der Waals surface area contributed by atoms with E-state index < -0.39 is 0 Å². The number of hydrogen-bond acceptors (Lipinski definition) is 2. The van der Waals surface area contributed by atoms with Crippen LogP contribution in [0.15, 0.2) is 30.6 Å². The van der Waals surface area contributed by atoms with Gasteiger partial charge in [-0.15, -0.1) is 0 Å². The van der Waals surface area contributed by atoms with Crippen molar-refractivity contribution in [2.24, 2.45) is 5.92 Å². The maximum Gasteiger partial charge on any atom is 0.0706 e. The molecule has 1 aliphatic rings. The molecule has 108 valence electrons. The Balaban J connectivity index is 1.53. The third-order valence-electron chi connectivity index (χ3n) is 4.63. The highest BCUT2D eigenvalue weighted by Gasteiger charge is 2.20. The van der Waals surface area contributed by atoms with Crippen LogP contribution in [0.4, 0.5) is 0 Å². The summed E-state index contributed by atoms with van der Waals surface area (Å²) in [6.07, 6.45) is 12.2. The first-order valence-electron chi connectivity index (χ1n) is 8.01. The van der Waals surface area contributed by atoms with E-state index in [1.54, 1.807) is 0 Å². The van der Waals surface area contributed by atoms with Crippen molar-refractivity contribution in [2.75, 3.05) is 0 Å². The minimum atomic E-state index is 0.696. The van der Waals surface area contributed by atoms with Gasteiger partial charge < -0.3 is 5.32 Å². The number of fused-ring (bicyclic) bond motifs is 1. The normalized spacial score (nSPS) is 23.2. The first kappa shape index (κ1) is 13.6. The number of nitrogens with zero attached hydrogens (tertiary/aromatic N) is 2. The summed E-state index contributed by atoms with van der Waals surface area (Å²) in [7, 11) is 0. The molecule has 0 saturated heterocycles. The maximum absolute atomic E-state index is 4.40. The van der Waals surface area contributed by atoms with Gasteiger partial charge in [-0.1, -0.05) is 25.8 Å². The van der Waals surface area contributed by atoms with Crippen molar-refractivity contribution < 1.29 is 0 Å². The van der Waals surface area contributed by atoms with Crippen molar-refractivity contribution in [3.63, 3.8) is 0 Å². The molecule has 2 aromatic rings. The monoisotopic (exact) mass is 271 g/mol. The van der Waals surface area contributed by atoms with E-state index in [1.165, 1.54) is 49.6 Å². The van der Waals surface area contributed by atoms with Gasteiger partial charge in [-0.25, -0.2) is 4.52 Å². The van der Waals surface area contributed by atoms with Crippen molar-refractivity contribution >= 4 is 5.52 Å². The summed E-state index contributed by atoms with van der Waals surface area (Å²) >= 11 is 0. The number of pyridine rings is 1. The second-order valence-corrected chi connectivity index (χ2v) is 6.09. The summed E-state index contributed by atoms with van der Waals surface area (Å²) in [6, 6.07) is 6.94. The Morgan fingerprint density at radius 2 is 2.10 bits per heavy atom. The second-order valence-electron chi connectivity index (χ2n) is 6.09. The smallest absolute Gasteiger partial charge is 0.0706 e. The summed E-state index contributed by atoms with van der Waals surface area (Å²) in [6.45, 7) is 3.24. The average molecular weight is 271 g/mol. The predicted molar refractivity (Wildman–Crippen MR) is 82.7 cm³/mol. The van der Waals surface area contributed by atoms with Crippen LogP contribution in [0.3, 0.4) is 0 Å². The zero-order valence-corrected chi connectivity index (χ0v) is 12.4. The van der Waals surface area contributed by atoms with Crippen LogP contribution in [-0.4, -0.2) is 15.7 Å². The highest BCUT2D eigenvalue weighted by atomic mass is 15.2. The van der Waals surface area contributed by atoms with Gasteiger partial charge in [-0.05, 0) is 43.7 Å². The molecule has 2 aromatic heterocycles. The number of hydrogen-bond donors (Lipinski definition) is 1. The van der Waals surface area contributed by atoms with Crippen LogP contribution in [0.5, 0.6) is 0 Å². The average Bonchev–Trinajstić information content (AvgIpc) is 2.90. The third-order valence-corrected chi connectivity index (χ3v) is 4.63. The first-order valence-corrected chi connectivity index (χ1v) is 8.01. The van der Waals surface area contributed by atoms with E-state index in [1.807, 2.05) is 23.0 Å². The van der Waals surface area contributed by atoms with Crippen LogP contribution < -0.4 is 5.32 Å². The lowest BCUT2D eigenvalue weighted by Gasteiger charge is -2.29. The molecule has 0 aromatic carbocycles. The minimum absolute atomic E-state index is 0.696. The fraction of sp³-hybridized carbons (Fsp3) is 0.588. The number of nitrogens with one attached hydrogen (secondary N) is 1. The molecule has 0 atom stereocenters. The SMILES string of the molecule is CCCC1CCC(NCc2cnn3ccccc23)CC1. The molecule has 3 heteroatoms. The van der Waals surface area contributed by atoms with E-state index in [9.17, 15) is 0 Å². The highest BCUT2D eigenvalue weighted by Crippen LogP contribution is 2.27. The molecule has 1 aliphatic carbocycles. The zero-order chi connectivity index (χ0) is 13.8. The van der Waals surface area contributed by atoms with Crippen LogP contribution in [0.25, 0.3) is 5.52 Å². The Hall–Kier alpha value is -1.35. The molecule has 0 amide bonds. The Morgan fingerprint density at radius 1 is 1.25 bits per heavy atom. The van der Waals surface area contributed by atoms with Crippen LogP contribution in [0.2, 0.25) is 0 Å². The van der Waals surface area contributed by atoms with Crippen LogP contribution >= 0.6 is 0 Å². The highest BCUT2D eigenvalue weighted by molar-refractivity contribution is 5.53. The molecule has 0 unspecified atom stereocenters. The summed E-state index contributed by atoms with van der Waals surface area (Å²) in [5.74, 6) is 0.982. The van der Waals surface area contributed by atoms with E-state index in [2.05, 4.69) is 29.5 Å². The van der Waals surface area contributed by atoms with E-state index in [4.69, 9.17) is 0 Å². The molecule has 0 spiro atoms. The van der Waals surface area contributed by atoms with Gasteiger partial charge in [0.25, 0.3) is 0 Å². The maximum atomic E-state index is 4.40. The van der Waals surface area contributed by atoms with Gasteiger partial charge in [-0.2, -0.15) is 5.10 Å². The quantitative estimate of drug-likeness (QED) is 0.896. The molecule has 0 radical (unpaired) electrons. The van der Waals surface area contributed by atoms with E-state index >= 15 is 0 Å². The lowest BCUT2D eigenvalue weighted by Crippen LogP contribution is -2.32. The van der Waals surface area contributed by atoms with Crippen LogP contribution in [0.1, 0.15) is 51.0 Å². The molecule has 1 saturated carbocycles. The van der Waals surface area contributed by atoms with Crippen molar-refractivity contribution in [1.82, 2.24) is 14.9 Å². The summed E-state index contributed by atoms with van der Waals surface area (Å²) < 4.78 is 1.95. The summed E-state index contributed by atoms with van der Waals surface area (Å²) in [5, 5.41) is 8.12. The molecule has 3 rings (SSSR count). The Kier molecular flexibility index (Phi) is 4.36. The summed E-state index contributed by atoms with van der Waals surface area (Å²) in [4.78, 5) is 0. The lowest BCUT2D eigenvalue weighted by molar-refractivity contribution is 0.278. The number of rotatable bonds is 5. The molecule has 0 bridgehead atoms. The van der Waals surface area contributed by atoms with Crippen molar-refractivity contribution in [3.8, 4) is 0 Å². The van der Waals surface area contributed by atoms with Gasteiger partial charge in [0.1, 0.15) is 0 Å². The largest absolute Gasteiger partial charge is 0.310 e. The van der Waals surface area contributed by atoms with Crippen molar-refractivity contribution in [3.05, 3.63) is 36.2 Å². The predicted octanol–water partition coefficient (Wildman–Crippen LogP) is 3.78. The van der Waals surface area contributed by atoms with Gasteiger partial charge in [-0.3, -0.25) is 0 Å². The molecule has 2 heterocycles. The fourth-order valence-corrected chi connectivity index (χ4v) is 3.44. The molecule has 20 heavy (non-hydrogen) atoms. The van der Waals surface area contributed by atoms with E-state index in [0.29, 0.717) is 6.04 Å². The zero-order valence-electron chi connectivity index (χ0n) is 12.4. The Bertz CT molecular complexity index is 538. The Morgan fingerprint density at radius 3 is 2.90 bits per heavy atom. The minimum Gasteiger partial charge on any atom is -0.310 e. The van der Waals surface area contributed by atoms with Gasteiger partial charge in [0.15, 0.2) is 0 Å². The van der Waals surface area contributed by atoms with Gasteiger partial charge in [0, 0.05) is 24.3 Å². The standard InChI is InChI=1S/C17H25N3/c1-2-5-14-7-9-16(10-8-14)18-12-15-13-19-20-11-4-3-6-17(15)20/h3-4,6,11,13-14,16,18H,2,5,7-10,12H2,1H3. The third kappa shape index (κ3) is 3.04. The van der Waals surface area contributed by atoms with Crippen molar-refractivity contribution in [1.29, 1.82) is 0 Å². The fourth-order valence-electron chi connectivity index (χ4n) is 3.44. The first-order chi connectivity index (χ1) is 9.86. The second kappa shape index (κ2) is 6.40. The van der Waals surface area contributed by atoms with E-state index in [0.717, 1.165) is 12.5 Å². The topological polar surface area (TPSA) is 29.3 Å².